The molecule has 3 rings (SSSR count). The average Bonchev–Trinajstić information content (AvgIpc) is 2.67. The summed E-state index contributed by atoms with van der Waals surface area (Å²) in [6, 6.07) is 7.29. The Labute approximate surface area is 139 Å². The second-order valence-electron chi connectivity index (χ2n) is 5.12. The van der Waals surface area contributed by atoms with Gasteiger partial charge in [0.2, 0.25) is 0 Å². The Morgan fingerprint density at radius 1 is 1.29 bits per heavy atom. The van der Waals surface area contributed by atoms with Gasteiger partial charge in [0, 0.05) is 25.2 Å². The Hall–Kier alpha value is -3.22. The quantitative estimate of drug-likeness (QED) is 0.844. The molecule has 1 unspecified atom stereocenters. The van der Waals surface area contributed by atoms with Crippen molar-refractivity contribution in [3.63, 3.8) is 0 Å². The number of hydrazone groups is 1. The Morgan fingerprint density at radius 3 is 2.75 bits per heavy atom. The van der Waals surface area contributed by atoms with Gasteiger partial charge in [-0.3, -0.25) is 10.4 Å². The lowest BCUT2D eigenvalue weighted by Gasteiger charge is -2.31. The standard InChI is InChI=1S/C17H17N5O2/c1-24-17(23)14-6-4-13(5-7-14)12-22(15-3-2-8-20-21-15)16-11-18-9-10-19-16/h2-11,15,21H,12H2,1H3. The third kappa shape index (κ3) is 3.57. The summed E-state index contributed by atoms with van der Waals surface area (Å²) >= 11 is 0. The van der Waals surface area contributed by atoms with Crippen molar-refractivity contribution >= 4 is 18.0 Å². The lowest BCUT2D eigenvalue weighted by atomic mass is 10.1. The summed E-state index contributed by atoms with van der Waals surface area (Å²) in [5.74, 6) is 0.382. The predicted molar refractivity (Wildman–Crippen MR) is 90.6 cm³/mol. The van der Waals surface area contributed by atoms with Gasteiger partial charge in [-0.05, 0) is 29.8 Å². The zero-order valence-electron chi connectivity index (χ0n) is 13.2. The summed E-state index contributed by atoms with van der Waals surface area (Å²) < 4.78 is 4.72. The third-order valence-electron chi connectivity index (χ3n) is 3.57. The molecule has 7 heteroatoms. The fraction of sp³-hybridized carbons (Fsp3) is 0.176. The molecule has 1 atom stereocenters. The molecule has 0 aliphatic carbocycles. The number of aromatic nitrogens is 2. The number of esters is 1. The molecule has 0 spiro atoms. The van der Waals surface area contributed by atoms with Crippen LogP contribution in [0.4, 0.5) is 5.82 Å². The Kier molecular flexibility index (Phi) is 4.81. The van der Waals surface area contributed by atoms with Crippen molar-refractivity contribution in [2.24, 2.45) is 5.10 Å². The smallest absolute Gasteiger partial charge is 0.337 e. The number of rotatable bonds is 5. The van der Waals surface area contributed by atoms with Crippen LogP contribution >= 0.6 is 0 Å². The highest BCUT2D eigenvalue weighted by atomic mass is 16.5. The number of methoxy groups -OCH3 is 1. The molecule has 7 nitrogen and oxygen atoms in total. The van der Waals surface area contributed by atoms with E-state index < -0.39 is 0 Å². The average molecular weight is 323 g/mol. The van der Waals surface area contributed by atoms with E-state index in [0.717, 1.165) is 11.4 Å². The van der Waals surface area contributed by atoms with Crippen molar-refractivity contribution in [3.8, 4) is 0 Å². The summed E-state index contributed by atoms with van der Waals surface area (Å²) in [5.41, 5.74) is 4.59. The van der Waals surface area contributed by atoms with Crippen LogP contribution in [0.5, 0.6) is 0 Å². The first-order valence-corrected chi connectivity index (χ1v) is 7.43. The van der Waals surface area contributed by atoms with E-state index >= 15 is 0 Å². The first-order chi connectivity index (χ1) is 11.8. The molecular formula is C17H17N5O2. The van der Waals surface area contributed by atoms with Gasteiger partial charge < -0.3 is 9.64 Å². The van der Waals surface area contributed by atoms with E-state index in [0.29, 0.717) is 12.1 Å². The fourth-order valence-corrected chi connectivity index (χ4v) is 2.36. The minimum atomic E-state index is -0.349. The highest BCUT2D eigenvalue weighted by Gasteiger charge is 2.19. The van der Waals surface area contributed by atoms with Crippen LogP contribution in [0.2, 0.25) is 0 Å². The van der Waals surface area contributed by atoms with E-state index in [1.54, 1.807) is 36.9 Å². The molecule has 122 valence electrons. The number of benzene rings is 1. The first kappa shape index (κ1) is 15.7. The monoisotopic (exact) mass is 323 g/mol. The molecule has 1 aromatic carbocycles. The van der Waals surface area contributed by atoms with Crippen molar-refractivity contribution in [1.29, 1.82) is 0 Å². The van der Waals surface area contributed by atoms with Gasteiger partial charge in [-0.25, -0.2) is 9.78 Å². The van der Waals surface area contributed by atoms with E-state index in [9.17, 15) is 4.79 Å². The Balaban J connectivity index is 1.82. The second kappa shape index (κ2) is 7.36. The van der Waals surface area contributed by atoms with Gasteiger partial charge in [-0.1, -0.05) is 12.1 Å². The van der Waals surface area contributed by atoms with Crippen molar-refractivity contribution < 1.29 is 9.53 Å². The molecule has 24 heavy (non-hydrogen) atoms. The summed E-state index contributed by atoms with van der Waals surface area (Å²) in [6.45, 7) is 0.581. The normalized spacial score (nSPS) is 15.6. The largest absolute Gasteiger partial charge is 0.465 e. The van der Waals surface area contributed by atoms with Crippen molar-refractivity contribution in [3.05, 3.63) is 66.1 Å². The summed E-state index contributed by atoms with van der Waals surface area (Å²) in [5, 5.41) is 4.08. The van der Waals surface area contributed by atoms with Crippen molar-refractivity contribution in [1.82, 2.24) is 15.4 Å². The van der Waals surface area contributed by atoms with E-state index in [1.807, 2.05) is 29.2 Å². The Bertz CT molecular complexity index is 743. The highest BCUT2D eigenvalue weighted by molar-refractivity contribution is 5.89. The van der Waals surface area contributed by atoms with Crippen molar-refractivity contribution in [2.45, 2.75) is 12.7 Å². The third-order valence-corrected chi connectivity index (χ3v) is 3.57. The topological polar surface area (TPSA) is 79.7 Å². The van der Waals surface area contributed by atoms with Crippen LogP contribution in [0.3, 0.4) is 0 Å². The molecular weight excluding hydrogens is 306 g/mol. The minimum Gasteiger partial charge on any atom is -0.465 e. The van der Waals surface area contributed by atoms with Gasteiger partial charge in [0.15, 0.2) is 0 Å². The number of allylic oxidation sites excluding steroid dienone is 1. The number of hydrogen-bond donors (Lipinski definition) is 1. The number of anilines is 1. The molecule has 0 saturated heterocycles. The number of nitrogens with one attached hydrogen (secondary N) is 1. The van der Waals surface area contributed by atoms with Crippen LogP contribution in [0.1, 0.15) is 15.9 Å². The molecule has 1 N–H and O–H groups in total. The molecule has 0 saturated carbocycles. The Morgan fingerprint density at radius 2 is 2.12 bits per heavy atom. The zero-order chi connectivity index (χ0) is 16.8. The lowest BCUT2D eigenvalue weighted by molar-refractivity contribution is 0.0600. The maximum Gasteiger partial charge on any atom is 0.337 e. The molecule has 0 amide bonds. The van der Waals surface area contributed by atoms with Crippen LogP contribution in [0, 0.1) is 0 Å². The van der Waals surface area contributed by atoms with Gasteiger partial charge in [0.25, 0.3) is 0 Å². The number of ether oxygens (including phenoxy) is 1. The van der Waals surface area contributed by atoms with E-state index in [4.69, 9.17) is 4.74 Å². The highest BCUT2D eigenvalue weighted by Crippen LogP contribution is 2.18. The maximum absolute atomic E-state index is 11.5. The van der Waals surface area contributed by atoms with Crippen LogP contribution < -0.4 is 10.3 Å². The molecule has 0 fully saturated rings. The van der Waals surface area contributed by atoms with Gasteiger partial charge in [-0.15, -0.1) is 0 Å². The number of nitrogens with zero attached hydrogens (tertiary/aromatic N) is 4. The molecule has 1 aliphatic heterocycles. The number of carbonyl (C=O) groups is 1. The van der Waals surface area contributed by atoms with E-state index in [-0.39, 0.29) is 12.1 Å². The summed E-state index contributed by atoms with van der Waals surface area (Å²) in [6.07, 6.45) is 10.4. The molecule has 0 bridgehead atoms. The maximum atomic E-state index is 11.5. The zero-order valence-corrected chi connectivity index (χ0v) is 13.2. The number of hydrogen-bond acceptors (Lipinski definition) is 7. The second-order valence-corrected chi connectivity index (χ2v) is 5.12. The number of carbonyl (C=O) groups excluding carboxylic acids is 1. The molecule has 2 heterocycles. The fourth-order valence-electron chi connectivity index (χ4n) is 2.36. The lowest BCUT2D eigenvalue weighted by Crippen LogP contribution is -2.43. The van der Waals surface area contributed by atoms with Gasteiger partial charge in [0.1, 0.15) is 12.0 Å². The van der Waals surface area contributed by atoms with Gasteiger partial charge >= 0.3 is 5.97 Å². The SMILES string of the molecule is COC(=O)c1ccc(CN(c2cnccn2)C2C=CC=NN2)cc1. The molecule has 2 aromatic rings. The minimum absolute atomic E-state index is 0.132. The van der Waals surface area contributed by atoms with E-state index in [2.05, 4.69) is 20.5 Å². The predicted octanol–water partition coefficient (Wildman–Crippen LogP) is 1.74. The van der Waals surface area contributed by atoms with Crippen LogP contribution in [0.15, 0.2) is 60.1 Å². The van der Waals surface area contributed by atoms with Gasteiger partial charge in [0.05, 0.1) is 18.9 Å². The van der Waals surface area contributed by atoms with Crippen LogP contribution in [0.25, 0.3) is 0 Å². The summed E-state index contributed by atoms with van der Waals surface area (Å²) in [7, 11) is 1.37. The molecule has 1 aromatic heterocycles. The first-order valence-electron chi connectivity index (χ1n) is 7.43. The van der Waals surface area contributed by atoms with Crippen molar-refractivity contribution in [2.75, 3.05) is 12.0 Å². The van der Waals surface area contributed by atoms with Crippen LogP contribution in [-0.2, 0) is 11.3 Å². The molecule has 0 radical (unpaired) electrons. The van der Waals surface area contributed by atoms with E-state index in [1.165, 1.54) is 7.11 Å². The van der Waals surface area contributed by atoms with Gasteiger partial charge in [-0.2, -0.15) is 5.10 Å². The summed E-state index contributed by atoms with van der Waals surface area (Å²) in [4.78, 5) is 22.1. The van der Waals surface area contributed by atoms with Crippen LogP contribution in [-0.4, -0.2) is 35.4 Å². The molecule has 1 aliphatic rings.